The molecule has 0 saturated carbocycles. The quantitative estimate of drug-likeness (QED) is 0.642. The van der Waals surface area contributed by atoms with E-state index in [9.17, 15) is 18.4 Å². The Hall–Kier alpha value is -3.55. The van der Waals surface area contributed by atoms with E-state index in [0.717, 1.165) is 0 Å². The highest BCUT2D eigenvalue weighted by atomic mass is 19.1. The molecule has 1 aromatic heterocycles. The zero-order chi connectivity index (χ0) is 22.5. The number of carbonyl (C=O) groups is 2. The number of hydrogen-bond acceptors (Lipinski definition) is 3. The van der Waals surface area contributed by atoms with Gasteiger partial charge in [-0.2, -0.15) is 5.10 Å². The lowest BCUT2D eigenvalue weighted by molar-refractivity contribution is -0.126. The van der Waals surface area contributed by atoms with Gasteiger partial charge in [-0.05, 0) is 55.2 Å². The third-order valence-electron chi connectivity index (χ3n) is 5.69. The fraction of sp³-hybridized carbons (Fsp3) is 0.292. The van der Waals surface area contributed by atoms with E-state index >= 15 is 0 Å². The van der Waals surface area contributed by atoms with E-state index in [-0.39, 0.29) is 35.1 Å². The molecule has 4 rings (SSSR count). The SMILES string of the molecule is O=C(NCCc1ccccc1F)C1CCN(C(=O)c2ccn(-c3cccc(F)c3)n2)CC1. The molecular formula is C24H24F2N4O2. The van der Waals surface area contributed by atoms with Crippen LogP contribution in [0.2, 0.25) is 0 Å². The lowest BCUT2D eigenvalue weighted by Gasteiger charge is -2.30. The number of nitrogens with one attached hydrogen (secondary N) is 1. The van der Waals surface area contributed by atoms with Gasteiger partial charge >= 0.3 is 0 Å². The standard InChI is InChI=1S/C24H24F2N4O2/c25-19-5-3-6-20(16-19)30-15-11-22(28-30)24(32)29-13-9-18(10-14-29)23(31)27-12-8-17-4-1-2-7-21(17)26/h1-7,11,15-16,18H,8-10,12-14H2,(H,27,31). The summed E-state index contributed by atoms with van der Waals surface area (Å²) < 4.78 is 28.6. The van der Waals surface area contributed by atoms with Crippen molar-refractivity contribution >= 4 is 11.8 Å². The predicted molar refractivity (Wildman–Crippen MR) is 115 cm³/mol. The van der Waals surface area contributed by atoms with Crippen molar-refractivity contribution in [2.24, 2.45) is 5.92 Å². The highest BCUT2D eigenvalue weighted by Crippen LogP contribution is 2.19. The number of hydrogen-bond donors (Lipinski definition) is 1. The van der Waals surface area contributed by atoms with Gasteiger partial charge in [0.2, 0.25) is 5.91 Å². The minimum Gasteiger partial charge on any atom is -0.356 e. The number of nitrogens with zero attached hydrogens (tertiary/aromatic N) is 3. The Morgan fingerprint density at radius 1 is 1.03 bits per heavy atom. The molecule has 0 unspecified atom stereocenters. The van der Waals surface area contributed by atoms with E-state index in [1.807, 2.05) is 0 Å². The van der Waals surface area contributed by atoms with Crippen LogP contribution in [0.25, 0.3) is 5.69 Å². The normalized spacial score (nSPS) is 14.4. The van der Waals surface area contributed by atoms with Gasteiger partial charge in [0.1, 0.15) is 11.6 Å². The van der Waals surface area contributed by atoms with Crippen LogP contribution < -0.4 is 5.32 Å². The van der Waals surface area contributed by atoms with Crippen molar-refractivity contribution in [3.63, 3.8) is 0 Å². The van der Waals surface area contributed by atoms with Gasteiger partial charge in [0, 0.05) is 31.7 Å². The Balaban J connectivity index is 1.26. The number of aromatic nitrogens is 2. The van der Waals surface area contributed by atoms with Gasteiger partial charge in [0.05, 0.1) is 5.69 Å². The summed E-state index contributed by atoms with van der Waals surface area (Å²) in [7, 11) is 0. The fourth-order valence-corrected chi connectivity index (χ4v) is 3.87. The monoisotopic (exact) mass is 438 g/mol. The second-order valence-corrected chi connectivity index (χ2v) is 7.82. The lowest BCUT2D eigenvalue weighted by atomic mass is 9.95. The number of benzene rings is 2. The fourth-order valence-electron chi connectivity index (χ4n) is 3.87. The molecule has 32 heavy (non-hydrogen) atoms. The van der Waals surface area contributed by atoms with Gasteiger partial charge in [-0.25, -0.2) is 13.5 Å². The Morgan fingerprint density at radius 3 is 2.56 bits per heavy atom. The van der Waals surface area contributed by atoms with Crippen molar-refractivity contribution in [1.82, 2.24) is 20.0 Å². The minimum atomic E-state index is -0.375. The van der Waals surface area contributed by atoms with Gasteiger partial charge in [-0.1, -0.05) is 24.3 Å². The first-order chi connectivity index (χ1) is 15.5. The van der Waals surface area contributed by atoms with Crippen molar-refractivity contribution in [3.8, 4) is 5.69 Å². The topological polar surface area (TPSA) is 67.2 Å². The number of piperidine rings is 1. The van der Waals surface area contributed by atoms with E-state index in [4.69, 9.17) is 0 Å². The van der Waals surface area contributed by atoms with E-state index in [0.29, 0.717) is 50.1 Å². The van der Waals surface area contributed by atoms with Gasteiger partial charge in [-0.3, -0.25) is 9.59 Å². The number of amides is 2. The molecule has 0 bridgehead atoms. The third kappa shape index (κ3) is 5.01. The number of halogens is 2. The first-order valence-corrected chi connectivity index (χ1v) is 10.6. The van der Waals surface area contributed by atoms with Crippen molar-refractivity contribution < 1.29 is 18.4 Å². The predicted octanol–water partition coefficient (Wildman–Crippen LogP) is 3.36. The summed E-state index contributed by atoms with van der Waals surface area (Å²) in [5.74, 6) is -1.10. The third-order valence-corrected chi connectivity index (χ3v) is 5.69. The molecule has 0 atom stereocenters. The van der Waals surface area contributed by atoms with E-state index in [2.05, 4.69) is 10.4 Å². The highest BCUT2D eigenvalue weighted by Gasteiger charge is 2.28. The average Bonchev–Trinajstić information content (AvgIpc) is 3.30. The summed E-state index contributed by atoms with van der Waals surface area (Å²) in [6.07, 6.45) is 3.17. The Labute approximate surface area is 184 Å². The molecule has 6 nitrogen and oxygen atoms in total. The number of likely N-dealkylation sites (tertiary alicyclic amines) is 1. The Morgan fingerprint density at radius 2 is 1.81 bits per heavy atom. The van der Waals surface area contributed by atoms with Crippen LogP contribution in [0.4, 0.5) is 8.78 Å². The molecule has 0 aliphatic carbocycles. The van der Waals surface area contributed by atoms with Crippen LogP contribution in [0, 0.1) is 17.6 Å². The summed E-state index contributed by atoms with van der Waals surface area (Å²) in [6.45, 7) is 1.28. The average molecular weight is 438 g/mol. The first kappa shape index (κ1) is 21.7. The van der Waals surface area contributed by atoms with Crippen molar-refractivity contribution in [1.29, 1.82) is 0 Å². The molecule has 1 saturated heterocycles. The maximum atomic E-state index is 13.7. The van der Waals surface area contributed by atoms with Crippen LogP contribution in [-0.4, -0.2) is 46.1 Å². The molecular weight excluding hydrogens is 414 g/mol. The largest absolute Gasteiger partial charge is 0.356 e. The zero-order valence-corrected chi connectivity index (χ0v) is 17.5. The lowest BCUT2D eigenvalue weighted by Crippen LogP contribution is -2.43. The van der Waals surface area contributed by atoms with Gasteiger partial charge in [-0.15, -0.1) is 0 Å². The maximum Gasteiger partial charge on any atom is 0.274 e. The molecule has 1 fully saturated rings. The van der Waals surface area contributed by atoms with Crippen LogP contribution >= 0.6 is 0 Å². The summed E-state index contributed by atoms with van der Waals surface area (Å²) in [4.78, 5) is 26.9. The minimum absolute atomic E-state index is 0.0659. The van der Waals surface area contributed by atoms with Crippen molar-refractivity contribution in [2.75, 3.05) is 19.6 Å². The number of carbonyl (C=O) groups excluding carboxylic acids is 2. The van der Waals surface area contributed by atoms with Gasteiger partial charge in [0.25, 0.3) is 5.91 Å². The van der Waals surface area contributed by atoms with E-state index in [1.54, 1.807) is 47.5 Å². The van der Waals surface area contributed by atoms with Crippen LogP contribution in [0.3, 0.4) is 0 Å². The molecule has 2 aromatic carbocycles. The molecule has 3 aromatic rings. The van der Waals surface area contributed by atoms with Crippen LogP contribution in [0.5, 0.6) is 0 Å². The molecule has 1 N–H and O–H groups in total. The van der Waals surface area contributed by atoms with Crippen LogP contribution in [0.15, 0.2) is 60.8 Å². The highest BCUT2D eigenvalue weighted by molar-refractivity contribution is 5.92. The molecule has 166 valence electrons. The van der Waals surface area contributed by atoms with Gasteiger partial charge < -0.3 is 10.2 Å². The first-order valence-electron chi connectivity index (χ1n) is 10.6. The molecule has 2 amide bonds. The molecule has 1 aliphatic rings. The molecule has 2 heterocycles. The summed E-state index contributed by atoms with van der Waals surface area (Å²) in [5.41, 5.74) is 1.39. The van der Waals surface area contributed by atoms with Crippen LogP contribution in [-0.2, 0) is 11.2 Å². The molecule has 8 heteroatoms. The van der Waals surface area contributed by atoms with E-state index in [1.165, 1.54) is 22.9 Å². The maximum absolute atomic E-state index is 13.7. The van der Waals surface area contributed by atoms with Crippen molar-refractivity contribution in [3.05, 3.63) is 83.7 Å². The summed E-state index contributed by atoms with van der Waals surface area (Å²) >= 11 is 0. The molecule has 0 spiro atoms. The Bertz CT molecular complexity index is 1110. The number of rotatable bonds is 6. The van der Waals surface area contributed by atoms with Crippen molar-refractivity contribution in [2.45, 2.75) is 19.3 Å². The smallest absolute Gasteiger partial charge is 0.274 e. The molecule has 1 aliphatic heterocycles. The second-order valence-electron chi connectivity index (χ2n) is 7.82. The van der Waals surface area contributed by atoms with E-state index < -0.39 is 0 Å². The molecule has 0 radical (unpaired) electrons. The summed E-state index contributed by atoms with van der Waals surface area (Å²) in [5, 5.41) is 7.15. The summed E-state index contributed by atoms with van der Waals surface area (Å²) in [6, 6.07) is 14.1. The Kier molecular flexibility index (Phi) is 6.58. The van der Waals surface area contributed by atoms with Gasteiger partial charge in [0.15, 0.2) is 5.69 Å². The zero-order valence-electron chi connectivity index (χ0n) is 17.5. The van der Waals surface area contributed by atoms with Crippen LogP contribution in [0.1, 0.15) is 28.9 Å². The second kappa shape index (κ2) is 9.72.